The highest BCUT2D eigenvalue weighted by Gasteiger charge is 2.36. The molecule has 33 heavy (non-hydrogen) atoms. The lowest BCUT2D eigenvalue weighted by Crippen LogP contribution is -2.48. The summed E-state index contributed by atoms with van der Waals surface area (Å²) in [4.78, 5) is 20.1. The summed E-state index contributed by atoms with van der Waals surface area (Å²) in [5.74, 6) is -0.598. The van der Waals surface area contributed by atoms with Crippen molar-refractivity contribution in [2.75, 3.05) is 26.2 Å². The van der Waals surface area contributed by atoms with Gasteiger partial charge in [0, 0.05) is 32.1 Å². The molecule has 2 fully saturated rings. The summed E-state index contributed by atoms with van der Waals surface area (Å²) in [6.45, 7) is 1.86. The molecule has 3 heterocycles. The van der Waals surface area contributed by atoms with Gasteiger partial charge in [-0.1, -0.05) is 12.1 Å². The molecule has 0 bridgehead atoms. The smallest absolute Gasteiger partial charge is 0.243 e. The topological polar surface area (TPSA) is 70.6 Å². The molecule has 6 nitrogen and oxygen atoms in total. The van der Waals surface area contributed by atoms with Crippen molar-refractivity contribution in [2.45, 2.75) is 36.5 Å². The summed E-state index contributed by atoms with van der Waals surface area (Å²) in [6.07, 6.45) is 3.22. The van der Waals surface area contributed by atoms with Crippen molar-refractivity contribution < 1.29 is 17.6 Å². The average Bonchev–Trinajstić information content (AvgIpc) is 3.28. The molecule has 2 atom stereocenters. The maximum absolute atomic E-state index is 13.4. The molecule has 0 saturated carbocycles. The highest BCUT2D eigenvalue weighted by Crippen LogP contribution is 2.34. The van der Waals surface area contributed by atoms with Gasteiger partial charge in [0.05, 0.1) is 26.0 Å². The van der Waals surface area contributed by atoms with Crippen LogP contribution in [0.25, 0.3) is 10.2 Å². The van der Waals surface area contributed by atoms with Crippen molar-refractivity contribution in [3.8, 4) is 0 Å². The number of thiazole rings is 1. The van der Waals surface area contributed by atoms with Gasteiger partial charge >= 0.3 is 0 Å². The van der Waals surface area contributed by atoms with Crippen LogP contribution in [0.4, 0.5) is 4.39 Å². The van der Waals surface area contributed by atoms with Crippen LogP contribution in [-0.2, 0) is 14.8 Å². The van der Waals surface area contributed by atoms with Gasteiger partial charge in [0.15, 0.2) is 0 Å². The number of nitrogens with zero attached hydrogens (tertiary/aromatic N) is 3. The van der Waals surface area contributed by atoms with E-state index in [9.17, 15) is 17.6 Å². The molecule has 0 spiro atoms. The van der Waals surface area contributed by atoms with E-state index in [4.69, 9.17) is 4.98 Å². The van der Waals surface area contributed by atoms with Gasteiger partial charge in [0.25, 0.3) is 0 Å². The number of piperidine rings is 2. The fraction of sp³-hybridized carbons (Fsp3) is 0.417. The maximum atomic E-state index is 13.4. The number of sulfonamides is 1. The lowest BCUT2D eigenvalue weighted by molar-refractivity contribution is -0.137. The van der Waals surface area contributed by atoms with Crippen LogP contribution in [0, 0.1) is 11.7 Å². The van der Waals surface area contributed by atoms with Gasteiger partial charge in [-0.2, -0.15) is 4.31 Å². The van der Waals surface area contributed by atoms with E-state index in [-0.39, 0.29) is 29.2 Å². The monoisotopic (exact) mass is 487 g/mol. The second-order valence-corrected chi connectivity index (χ2v) is 11.8. The second-order valence-electron chi connectivity index (χ2n) is 8.80. The van der Waals surface area contributed by atoms with Crippen molar-refractivity contribution in [1.82, 2.24) is 14.2 Å². The maximum Gasteiger partial charge on any atom is 0.243 e. The minimum Gasteiger partial charge on any atom is -0.342 e. The van der Waals surface area contributed by atoms with Gasteiger partial charge in [-0.25, -0.2) is 17.8 Å². The number of halogens is 1. The Morgan fingerprint density at radius 2 is 1.76 bits per heavy atom. The number of para-hydroxylation sites is 1. The average molecular weight is 488 g/mol. The van der Waals surface area contributed by atoms with E-state index in [1.165, 1.54) is 16.4 Å². The normalized spacial score (nSPS) is 22.5. The SMILES string of the molecule is O=C(C1CCCN(S(=O)(=O)c2ccc(F)cc2)C1)N1CCCC(c2nc3ccccc3s2)C1. The Morgan fingerprint density at radius 3 is 2.55 bits per heavy atom. The molecule has 174 valence electrons. The first kappa shape index (κ1) is 22.4. The van der Waals surface area contributed by atoms with Crippen LogP contribution in [0.2, 0.25) is 0 Å². The van der Waals surface area contributed by atoms with Crippen LogP contribution in [0.3, 0.4) is 0 Å². The lowest BCUT2D eigenvalue weighted by atomic mass is 9.94. The number of hydrogen-bond donors (Lipinski definition) is 0. The predicted octanol–water partition coefficient (Wildman–Crippen LogP) is 4.24. The molecule has 0 aliphatic carbocycles. The third-order valence-corrected chi connectivity index (χ3v) is 9.66. The van der Waals surface area contributed by atoms with Crippen LogP contribution < -0.4 is 0 Å². The Hall–Kier alpha value is -2.36. The zero-order chi connectivity index (χ0) is 23.0. The zero-order valence-electron chi connectivity index (χ0n) is 18.2. The summed E-state index contributed by atoms with van der Waals surface area (Å²) in [6, 6.07) is 12.9. The molecule has 5 rings (SSSR count). The van der Waals surface area contributed by atoms with Crippen LogP contribution in [-0.4, -0.2) is 54.7 Å². The van der Waals surface area contributed by atoms with E-state index in [0.717, 1.165) is 40.2 Å². The summed E-state index contributed by atoms with van der Waals surface area (Å²) in [5, 5.41) is 1.07. The summed E-state index contributed by atoms with van der Waals surface area (Å²) in [7, 11) is -3.76. The number of benzene rings is 2. The van der Waals surface area contributed by atoms with Crippen molar-refractivity contribution in [3.63, 3.8) is 0 Å². The zero-order valence-corrected chi connectivity index (χ0v) is 19.8. The fourth-order valence-electron chi connectivity index (χ4n) is 4.82. The van der Waals surface area contributed by atoms with Crippen LogP contribution >= 0.6 is 11.3 Å². The van der Waals surface area contributed by atoms with E-state index in [1.807, 2.05) is 23.1 Å². The quantitative estimate of drug-likeness (QED) is 0.552. The first-order valence-corrected chi connectivity index (χ1v) is 13.6. The molecule has 2 aliphatic heterocycles. The van der Waals surface area contributed by atoms with E-state index in [2.05, 4.69) is 6.07 Å². The Labute approximate surface area is 197 Å². The molecule has 0 radical (unpaired) electrons. The summed E-state index contributed by atoms with van der Waals surface area (Å²) < 4.78 is 41.9. The van der Waals surface area contributed by atoms with Crippen LogP contribution in [0.1, 0.15) is 36.6 Å². The molecule has 2 saturated heterocycles. The Kier molecular flexibility index (Phi) is 6.20. The molecule has 2 aliphatic rings. The van der Waals surface area contributed by atoms with E-state index >= 15 is 0 Å². The van der Waals surface area contributed by atoms with Gasteiger partial charge in [-0.3, -0.25) is 4.79 Å². The number of amides is 1. The predicted molar refractivity (Wildman–Crippen MR) is 126 cm³/mol. The number of carbonyl (C=O) groups excluding carboxylic acids is 1. The highest BCUT2D eigenvalue weighted by molar-refractivity contribution is 7.89. The fourth-order valence-corrected chi connectivity index (χ4v) is 7.44. The van der Waals surface area contributed by atoms with Crippen molar-refractivity contribution in [3.05, 3.63) is 59.4 Å². The number of hydrogen-bond acceptors (Lipinski definition) is 5. The Bertz CT molecular complexity index is 1230. The molecule has 9 heteroatoms. The third kappa shape index (κ3) is 4.54. The highest BCUT2D eigenvalue weighted by atomic mass is 32.2. The number of aromatic nitrogens is 1. The molecule has 3 aromatic rings. The Balaban J connectivity index is 1.29. The Morgan fingerprint density at radius 1 is 1.00 bits per heavy atom. The van der Waals surface area contributed by atoms with E-state index < -0.39 is 15.8 Å². The number of likely N-dealkylation sites (tertiary alicyclic amines) is 1. The third-order valence-electron chi connectivity index (χ3n) is 6.58. The number of carbonyl (C=O) groups is 1. The van der Waals surface area contributed by atoms with E-state index in [1.54, 1.807) is 11.3 Å². The molecular formula is C24H26FN3O3S2. The standard InChI is InChI=1S/C24H26FN3O3S2/c25-19-9-11-20(12-10-19)33(30,31)28-14-4-6-18(16-28)24(29)27-13-3-5-17(15-27)23-26-21-7-1-2-8-22(21)32-23/h1-2,7-12,17-18H,3-6,13-16H2. The first-order chi connectivity index (χ1) is 15.9. The summed E-state index contributed by atoms with van der Waals surface area (Å²) >= 11 is 1.69. The summed E-state index contributed by atoms with van der Waals surface area (Å²) in [5.41, 5.74) is 0.995. The van der Waals surface area contributed by atoms with Gasteiger partial charge in [0.2, 0.25) is 15.9 Å². The van der Waals surface area contributed by atoms with Crippen LogP contribution in [0.15, 0.2) is 53.4 Å². The molecule has 1 amide bonds. The number of rotatable bonds is 4. The minimum atomic E-state index is -3.76. The largest absolute Gasteiger partial charge is 0.342 e. The molecule has 2 aromatic carbocycles. The minimum absolute atomic E-state index is 0.0276. The van der Waals surface area contributed by atoms with Crippen molar-refractivity contribution in [2.24, 2.45) is 5.92 Å². The van der Waals surface area contributed by atoms with Crippen molar-refractivity contribution in [1.29, 1.82) is 0 Å². The van der Waals surface area contributed by atoms with Gasteiger partial charge in [-0.15, -0.1) is 11.3 Å². The number of fused-ring (bicyclic) bond motifs is 1. The molecular weight excluding hydrogens is 461 g/mol. The molecule has 1 aromatic heterocycles. The van der Waals surface area contributed by atoms with Gasteiger partial charge < -0.3 is 4.90 Å². The first-order valence-electron chi connectivity index (χ1n) is 11.3. The van der Waals surface area contributed by atoms with Gasteiger partial charge in [-0.05, 0) is 62.1 Å². The second kappa shape index (κ2) is 9.12. The molecule has 2 unspecified atom stereocenters. The van der Waals surface area contributed by atoms with E-state index in [0.29, 0.717) is 32.5 Å². The van der Waals surface area contributed by atoms with Crippen molar-refractivity contribution >= 4 is 37.5 Å². The molecule has 0 N–H and O–H groups in total. The van der Waals surface area contributed by atoms with Crippen LogP contribution in [0.5, 0.6) is 0 Å². The lowest BCUT2D eigenvalue weighted by Gasteiger charge is -2.37. The van der Waals surface area contributed by atoms with Gasteiger partial charge in [0.1, 0.15) is 5.82 Å².